The van der Waals surface area contributed by atoms with Gasteiger partial charge in [-0.3, -0.25) is 9.69 Å². The number of nitrogens with zero attached hydrogens (tertiary/aromatic N) is 1. The Kier molecular flexibility index (Phi) is 4.83. The van der Waals surface area contributed by atoms with E-state index in [0.717, 1.165) is 26.0 Å². The summed E-state index contributed by atoms with van der Waals surface area (Å²) in [6, 6.07) is 4.31. The molecule has 0 bridgehead atoms. The number of thiophene rings is 1. The quantitative estimate of drug-likeness (QED) is 0.908. The molecule has 1 N–H and O–H groups in total. The summed E-state index contributed by atoms with van der Waals surface area (Å²) in [4.78, 5) is 16.6. The first kappa shape index (κ1) is 15.5. The van der Waals surface area contributed by atoms with Gasteiger partial charge in [0.1, 0.15) is 0 Å². The molecule has 0 spiro atoms. The molecule has 0 radical (unpaired) electrons. The van der Waals surface area contributed by atoms with Gasteiger partial charge in [0.25, 0.3) is 0 Å². The van der Waals surface area contributed by atoms with E-state index < -0.39 is 5.54 Å². The van der Waals surface area contributed by atoms with Gasteiger partial charge in [0, 0.05) is 30.0 Å². The van der Waals surface area contributed by atoms with Crippen LogP contribution in [0.15, 0.2) is 12.1 Å². The van der Waals surface area contributed by atoms with Crippen molar-refractivity contribution in [1.82, 2.24) is 10.2 Å². The van der Waals surface area contributed by atoms with Crippen molar-refractivity contribution in [3.8, 4) is 0 Å². The van der Waals surface area contributed by atoms with Gasteiger partial charge >= 0.3 is 0 Å². The van der Waals surface area contributed by atoms with Crippen LogP contribution < -0.4 is 5.32 Å². The Morgan fingerprint density at radius 1 is 1.55 bits per heavy atom. The molecule has 1 atom stereocenters. The molecule has 20 heavy (non-hydrogen) atoms. The highest BCUT2D eigenvalue weighted by Gasteiger charge is 2.31. The number of carbonyl (C=O) groups is 1. The Balaban J connectivity index is 2.01. The molecule has 1 aliphatic rings. The van der Waals surface area contributed by atoms with Crippen LogP contribution in [0.5, 0.6) is 0 Å². The standard InChI is InChI=1S/C15H24N2O2S/c1-15(2,14(18)16-3)17(4)10-11-7-8-13(20-11)12-6-5-9-19-12/h7-8,12H,5-6,9-10H2,1-4H3,(H,16,18)/t12-/m1/s1. The molecule has 1 aromatic rings. The Morgan fingerprint density at radius 2 is 2.30 bits per heavy atom. The van der Waals surface area contributed by atoms with Crippen LogP contribution in [0.3, 0.4) is 0 Å². The number of likely N-dealkylation sites (N-methyl/N-ethyl adjacent to an activating group) is 2. The van der Waals surface area contributed by atoms with E-state index in [9.17, 15) is 4.79 Å². The molecule has 2 heterocycles. The molecule has 0 unspecified atom stereocenters. The molecule has 0 aromatic carbocycles. The van der Waals surface area contributed by atoms with Gasteiger partial charge in [0.15, 0.2) is 0 Å². The van der Waals surface area contributed by atoms with Crippen molar-refractivity contribution in [2.24, 2.45) is 0 Å². The Bertz CT molecular complexity index is 464. The summed E-state index contributed by atoms with van der Waals surface area (Å²) in [6.07, 6.45) is 2.56. The summed E-state index contributed by atoms with van der Waals surface area (Å²) in [7, 11) is 3.67. The lowest BCUT2D eigenvalue weighted by Crippen LogP contribution is -2.52. The highest BCUT2D eigenvalue weighted by atomic mass is 32.1. The molecule has 1 saturated heterocycles. The molecule has 1 aliphatic heterocycles. The average molecular weight is 296 g/mol. The van der Waals surface area contributed by atoms with E-state index in [0.29, 0.717) is 0 Å². The van der Waals surface area contributed by atoms with Gasteiger partial charge < -0.3 is 10.1 Å². The van der Waals surface area contributed by atoms with Gasteiger partial charge in [-0.15, -0.1) is 11.3 Å². The third-order valence-corrected chi connectivity index (χ3v) is 5.22. The number of ether oxygens (including phenoxy) is 1. The lowest BCUT2D eigenvalue weighted by Gasteiger charge is -2.33. The van der Waals surface area contributed by atoms with E-state index in [2.05, 4.69) is 22.3 Å². The average Bonchev–Trinajstić information content (AvgIpc) is 3.07. The summed E-state index contributed by atoms with van der Waals surface area (Å²) in [5, 5.41) is 2.72. The molecular formula is C15H24N2O2S. The summed E-state index contributed by atoms with van der Waals surface area (Å²) >= 11 is 1.80. The minimum Gasteiger partial charge on any atom is -0.373 e. The number of hydrogen-bond acceptors (Lipinski definition) is 4. The van der Waals surface area contributed by atoms with Crippen molar-refractivity contribution in [3.05, 3.63) is 21.9 Å². The Labute approximate surface area is 125 Å². The van der Waals surface area contributed by atoms with Gasteiger partial charge in [-0.2, -0.15) is 0 Å². The van der Waals surface area contributed by atoms with E-state index in [1.165, 1.54) is 9.75 Å². The third kappa shape index (κ3) is 3.22. The fourth-order valence-electron chi connectivity index (χ4n) is 2.37. The predicted molar refractivity (Wildman–Crippen MR) is 81.9 cm³/mol. The van der Waals surface area contributed by atoms with Gasteiger partial charge in [0.05, 0.1) is 11.6 Å². The largest absolute Gasteiger partial charge is 0.373 e. The first-order valence-electron chi connectivity index (χ1n) is 7.08. The zero-order chi connectivity index (χ0) is 14.8. The van der Waals surface area contributed by atoms with Crippen LogP contribution in [0.4, 0.5) is 0 Å². The van der Waals surface area contributed by atoms with Crippen molar-refractivity contribution in [1.29, 1.82) is 0 Å². The smallest absolute Gasteiger partial charge is 0.239 e. The molecule has 5 heteroatoms. The molecule has 1 aromatic heterocycles. The van der Waals surface area contributed by atoms with Crippen LogP contribution in [0.25, 0.3) is 0 Å². The minimum atomic E-state index is -0.511. The van der Waals surface area contributed by atoms with E-state index >= 15 is 0 Å². The van der Waals surface area contributed by atoms with Crippen LogP contribution in [-0.4, -0.2) is 37.0 Å². The van der Waals surface area contributed by atoms with Crippen LogP contribution in [0.2, 0.25) is 0 Å². The van der Waals surface area contributed by atoms with E-state index in [-0.39, 0.29) is 12.0 Å². The van der Waals surface area contributed by atoms with E-state index in [1.54, 1.807) is 18.4 Å². The molecular weight excluding hydrogens is 272 g/mol. The van der Waals surface area contributed by atoms with Crippen molar-refractivity contribution in [2.75, 3.05) is 20.7 Å². The monoisotopic (exact) mass is 296 g/mol. The van der Waals surface area contributed by atoms with Crippen LogP contribution in [-0.2, 0) is 16.1 Å². The molecule has 1 fully saturated rings. The van der Waals surface area contributed by atoms with Crippen molar-refractivity contribution < 1.29 is 9.53 Å². The van der Waals surface area contributed by atoms with E-state index in [1.807, 2.05) is 20.9 Å². The summed E-state index contributed by atoms with van der Waals surface area (Å²) in [5.41, 5.74) is -0.511. The SMILES string of the molecule is CNC(=O)C(C)(C)N(C)Cc1ccc([C@H]2CCCO2)s1. The molecule has 4 nitrogen and oxygen atoms in total. The highest BCUT2D eigenvalue weighted by molar-refractivity contribution is 7.12. The minimum absolute atomic E-state index is 0.0379. The molecule has 0 aliphatic carbocycles. The predicted octanol–water partition coefficient (Wildman–Crippen LogP) is 2.56. The molecule has 0 saturated carbocycles. The zero-order valence-electron chi connectivity index (χ0n) is 12.7. The number of hydrogen-bond donors (Lipinski definition) is 1. The molecule has 112 valence electrons. The van der Waals surface area contributed by atoms with Gasteiger partial charge in [-0.25, -0.2) is 0 Å². The van der Waals surface area contributed by atoms with Gasteiger partial charge in [-0.1, -0.05) is 0 Å². The summed E-state index contributed by atoms with van der Waals surface area (Å²) < 4.78 is 5.71. The highest BCUT2D eigenvalue weighted by Crippen LogP contribution is 2.34. The lowest BCUT2D eigenvalue weighted by atomic mass is 10.0. The normalized spacial score (nSPS) is 19.6. The maximum atomic E-state index is 11.9. The number of amides is 1. The first-order chi connectivity index (χ1) is 9.45. The number of carbonyl (C=O) groups excluding carboxylic acids is 1. The zero-order valence-corrected chi connectivity index (χ0v) is 13.5. The summed E-state index contributed by atoms with van der Waals surface area (Å²) in [5.74, 6) is 0.0379. The number of rotatable bonds is 5. The maximum absolute atomic E-state index is 11.9. The second-order valence-electron chi connectivity index (χ2n) is 5.80. The van der Waals surface area contributed by atoms with Crippen LogP contribution in [0.1, 0.15) is 42.5 Å². The number of nitrogens with one attached hydrogen (secondary N) is 1. The maximum Gasteiger partial charge on any atom is 0.239 e. The Hall–Kier alpha value is -0.910. The molecule has 2 rings (SSSR count). The first-order valence-corrected chi connectivity index (χ1v) is 7.90. The molecule has 1 amide bonds. The fourth-order valence-corrected chi connectivity index (χ4v) is 3.52. The summed E-state index contributed by atoms with van der Waals surface area (Å²) in [6.45, 7) is 5.54. The van der Waals surface area contributed by atoms with Crippen molar-refractivity contribution in [2.45, 2.75) is 44.9 Å². The fraction of sp³-hybridized carbons (Fsp3) is 0.667. The third-order valence-electron chi connectivity index (χ3n) is 4.06. The van der Waals surface area contributed by atoms with Gasteiger partial charge in [-0.05, 0) is 45.9 Å². The van der Waals surface area contributed by atoms with Crippen LogP contribution in [0, 0.1) is 0 Å². The second kappa shape index (κ2) is 6.24. The van der Waals surface area contributed by atoms with E-state index in [4.69, 9.17) is 4.74 Å². The Morgan fingerprint density at radius 3 is 2.90 bits per heavy atom. The second-order valence-corrected chi connectivity index (χ2v) is 7.00. The van der Waals surface area contributed by atoms with Crippen molar-refractivity contribution in [3.63, 3.8) is 0 Å². The topological polar surface area (TPSA) is 41.6 Å². The van der Waals surface area contributed by atoms with Gasteiger partial charge in [0.2, 0.25) is 5.91 Å². The van der Waals surface area contributed by atoms with Crippen LogP contribution >= 0.6 is 11.3 Å². The van der Waals surface area contributed by atoms with Crippen molar-refractivity contribution >= 4 is 17.2 Å². The lowest BCUT2D eigenvalue weighted by molar-refractivity contribution is -0.130.